The largest absolute Gasteiger partial charge is 0.339 e. The number of likely N-dealkylation sites (tertiary alicyclic amines) is 1. The summed E-state index contributed by atoms with van der Waals surface area (Å²) in [6, 6.07) is 9.54. The van der Waals surface area contributed by atoms with Crippen molar-refractivity contribution in [1.82, 2.24) is 9.80 Å². The zero-order chi connectivity index (χ0) is 16.1. The van der Waals surface area contributed by atoms with Gasteiger partial charge in [0.05, 0.1) is 0 Å². The summed E-state index contributed by atoms with van der Waals surface area (Å²) in [6.07, 6.45) is 2.31. The van der Waals surface area contributed by atoms with Crippen LogP contribution in [-0.2, 0) is 4.79 Å². The third-order valence-electron chi connectivity index (χ3n) is 4.37. The molecule has 1 aromatic carbocycles. The van der Waals surface area contributed by atoms with Crippen LogP contribution in [0.5, 0.6) is 0 Å². The zero-order valence-electron chi connectivity index (χ0n) is 13.4. The highest BCUT2D eigenvalue weighted by Gasteiger charge is 2.28. The van der Waals surface area contributed by atoms with Crippen LogP contribution >= 0.6 is 0 Å². The van der Waals surface area contributed by atoms with Gasteiger partial charge in [-0.25, -0.2) is 0 Å². The average Bonchev–Trinajstić information content (AvgIpc) is 2.60. The smallest absolute Gasteiger partial charge is 0.253 e. The monoisotopic (exact) mass is 300 g/mol. The Morgan fingerprint density at radius 1 is 1.23 bits per heavy atom. The number of hydrogen-bond donors (Lipinski definition) is 0. The lowest BCUT2D eigenvalue weighted by Crippen LogP contribution is -2.47. The molecule has 22 heavy (non-hydrogen) atoms. The Balaban J connectivity index is 1.92. The molecule has 0 radical (unpaired) electrons. The van der Waals surface area contributed by atoms with Crippen molar-refractivity contribution in [3.63, 3.8) is 0 Å². The molecule has 2 amide bonds. The van der Waals surface area contributed by atoms with E-state index in [9.17, 15) is 9.59 Å². The van der Waals surface area contributed by atoms with Crippen molar-refractivity contribution >= 4 is 11.8 Å². The molecule has 1 aliphatic rings. The van der Waals surface area contributed by atoms with Crippen molar-refractivity contribution < 1.29 is 9.59 Å². The molecule has 0 aliphatic carbocycles. The number of piperidine rings is 1. The van der Waals surface area contributed by atoms with Gasteiger partial charge in [0.25, 0.3) is 5.91 Å². The van der Waals surface area contributed by atoms with Gasteiger partial charge in [0, 0.05) is 37.3 Å². The van der Waals surface area contributed by atoms with Gasteiger partial charge < -0.3 is 9.80 Å². The molecule has 0 atom stereocenters. The summed E-state index contributed by atoms with van der Waals surface area (Å²) in [5.41, 5.74) is 1.37. The number of carbonyl (C=O) groups is 2. The number of benzene rings is 1. The van der Waals surface area contributed by atoms with E-state index in [1.54, 1.807) is 4.90 Å². The summed E-state index contributed by atoms with van der Waals surface area (Å²) >= 11 is 0. The highest BCUT2D eigenvalue weighted by atomic mass is 16.2. The number of rotatable bonds is 4. The Morgan fingerprint density at radius 2 is 1.82 bits per heavy atom. The van der Waals surface area contributed by atoms with Crippen molar-refractivity contribution in [2.24, 2.45) is 0 Å². The van der Waals surface area contributed by atoms with Crippen LogP contribution in [0.15, 0.2) is 42.5 Å². The molecule has 118 valence electrons. The first kappa shape index (κ1) is 16.3. The Kier molecular flexibility index (Phi) is 5.36. The molecule has 0 N–H and O–H groups in total. The summed E-state index contributed by atoms with van der Waals surface area (Å²) in [4.78, 5) is 28.2. The topological polar surface area (TPSA) is 40.6 Å². The number of nitrogens with zero attached hydrogens (tertiary/aromatic N) is 2. The lowest BCUT2D eigenvalue weighted by molar-refractivity contribution is -0.128. The molecule has 0 saturated carbocycles. The minimum absolute atomic E-state index is 0.0235. The molecule has 0 spiro atoms. The zero-order valence-corrected chi connectivity index (χ0v) is 13.4. The molecular formula is C18H24N2O2. The van der Waals surface area contributed by atoms with Crippen LogP contribution in [0.1, 0.15) is 36.5 Å². The minimum Gasteiger partial charge on any atom is -0.339 e. The summed E-state index contributed by atoms with van der Waals surface area (Å²) < 4.78 is 0. The van der Waals surface area contributed by atoms with Crippen molar-refractivity contribution in [2.75, 3.05) is 20.1 Å². The molecule has 1 fully saturated rings. The molecule has 1 heterocycles. The maximum atomic E-state index is 12.4. The van der Waals surface area contributed by atoms with Crippen molar-refractivity contribution in [3.8, 4) is 0 Å². The van der Waals surface area contributed by atoms with Gasteiger partial charge in [0.1, 0.15) is 0 Å². The second-order valence-corrected chi connectivity index (χ2v) is 5.76. The first-order valence-electron chi connectivity index (χ1n) is 7.83. The standard InChI is InChI=1S/C18H24N2O2/c1-4-14(2)17(21)19(3)16-10-12-20(13-11-16)18(22)15-8-6-5-7-9-15/h5-9,16H,2,4,10-13H2,1,3H3. The van der Waals surface area contributed by atoms with Crippen LogP contribution in [0.4, 0.5) is 0 Å². The molecule has 0 unspecified atom stereocenters. The van der Waals surface area contributed by atoms with Gasteiger partial charge in [-0.1, -0.05) is 31.7 Å². The van der Waals surface area contributed by atoms with Crippen LogP contribution in [0.3, 0.4) is 0 Å². The van der Waals surface area contributed by atoms with Gasteiger partial charge in [-0.15, -0.1) is 0 Å². The van der Waals surface area contributed by atoms with E-state index in [0.717, 1.165) is 18.4 Å². The Hall–Kier alpha value is -2.10. The fraction of sp³-hybridized carbons (Fsp3) is 0.444. The van der Waals surface area contributed by atoms with Gasteiger partial charge in [0.15, 0.2) is 0 Å². The van der Waals surface area contributed by atoms with E-state index in [-0.39, 0.29) is 17.9 Å². The van der Waals surface area contributed by atoms with Crippen molar-refractivity contribution in [1.29, 1.82) is 0 Å². The Bertz CT molecular complexity index is 545. The van der Waals surface area contributed by atoms with Crippen LogP contribution in [0.2, 0.25) is 0 Å². The average molecular weight is 300 g/mol. The fourth-order valence-corrected chi connectivity index (χ4v) is 2.79. The Morgan fingerprint density at radius 3 is 2.36 bits per heavy atom. The highest BCUT2D eigenvalue weighted by molar-refractivity contribution is 5.94. The first-order valence-corrected chi connectivity index (χ1v) is 7.83. The van der Waals surface area contributed by atoms with Gasteiger partial charge in [-0.3, -0.25) is 9.59 Å². The number of hydrogen-bond acceptors (Lipinski definition) is 2. The lowest BCUT2D eigenvalue weighted by atomic mass is 10.0. The second kappa shape index (κ2) is 7.25. The van der Waals surface area contributed by atoms with Gasteiger partial charge >= 0.3 is 0 Å². The third-order valence-corrected chi connectivity index (χ3v) is 4.37. The molecule has 1 saturated heterocycles. The number of amides is 2. The summed E-state index contributed by atoms with van der Waals surface area (Å²) in [6.45, 7) is 7.13. The van der Waals surface area contributed by atoms with E-state index in [0.29, 0.717) is 25.1 Å². The van der Waals surface area contributed by atoms with Gasteiger partial charge in [-0.05, 0) is 31.4 Å². The molecule has 4 nitrogen and oxygen atoms in total. The molecule has 2 rings (SSSR count). The molecule has 0 bridgehead atoms. The predicted octanol–water partition coefficient (Wildman–Crippen LogP) is 2.72. The third kappa shape index (κ3) is 3.56. The first-order chi connectivity index (χ1) is 10.5. The van der Waals surface area contributed by atoms with E-state index >= 15 is 0 Å². The van der Waals surface area contributed by atoms with Crippen LogP contribution in [0.25, 0.3) is 0 Å². The molecule has 1 aliphatic heterocycles. The van der Waals surface area contributed by atoms with Crippen LogP contribution in [0, 0.1) is 0 Å². The van der Waals surface area contributed by atoms with Crippen LogP contribution in [-0.4, -0.2) is 47.8 Å². The Labute approximate surface area is 132 Å². The normalized spacial score (nSPS) is 15.5. The highest BCUT2D eigenvalue weighted by Crippen LogP contribution is 2.19. The van der Waals surface area contributed by atoms with E-state index < -0.39 is 0 Å². The predicted molar refractivity (Wildman–Crippen MR) is 87.6 cm³/mol. The second-order valence-electron chi connectivity index (χ2n) is 5.76. The van der Waals surface area contributed by atoms with E-state index in [4.69, 9.17) is 0 Å². The molecule has 1 aromatic rings. The van der Waals surface area contributed by atoms with E-state index in [1.165, 1.54) is 0 Å². The van der Waals surface area contributed by atoms with Gasteiger partial charge in [0.2, 0.25) is 5.91 Å². The van der Waals surface area contributed by atoms with E-state index in [2.05, 4.69) is 6.58 Å². The summed E-state index contributed by atoms with van der Waals surface area (Å²) in [7, 11) is 1.84. The summed E-state index contributed by atoms with van der Waals surface area (Å²) in [5.74, 6) is 0.0985. The van der Waals surface area contributed by atoms with Crippen LogP contribution < -0.4 is 0 Å². The van der Waals surface area contributed by atoms with Crippen molar-refractivity contribution in [3.05, 3.63) is 48.0 Å². The van der Waals surface area contributed by atoms with Crippen molar-refractivity contribution in [2.45, 2.75) is 32.2 Å². The maximum absolute atomic E-state index is 12.4. The SMILES string of the molecule is C=C(CC)C(=O)N(C)C1CCN(C(=O)c2ccccc2)CC1. The molecular weight excluding hydrogens is 276 g/mol. The fourth-order valence-electron chi connectivity index (χ4n) is 2.79. The molecule has 0 aromatic heterocycles. The van der Waals surface area contributed by atoms with E-state index in [1.807, 2.05) is 49.2 Å². The molecule has 4 heteroatoms. The maximum Gasteiger partial charge on any atom is 0.253 e. The lowest BCUT2D eigenvalue weighted by Gasteiger charge is -2.37. The summed E-state index contributed by atoms with van der Waals surface area (Å²) in [5, 5.41) is 0. The quantitative estimate of drug-likeness (QED) is 0.802. The van der Waals surface area contributed by atoms with Gasteiger partial charge in [-0.2, -0.15) is 0 Å². The number of carbonyl (C=O) groups excluding carboxylic acids is 2. The minimum atomic E-state index is 0.0235. The number of likely N-dealkylation sites (N-methyl/N-ethyl adjacent to an activating group) is 1.